The summed E-state index contributed by atoms with van der Waals surface area (Å²) in [6, 6.07) is 28.0. The number of benzene rings is 5. The number of fused-ring (bicyclic) bond motifs is 3. The summed E-state index contributed by atoms with van der Waals surface area (Å²) in [6.45, 7) is 21.7. The highest BCUT2D eigenvalue weighted by Gasteiger charge is 2.60. The van der Waals surface area contributed by atoms with Crippen molar-refractivity contribution in [1.82, 2.24) is 75.9 Å². The molecule has 15 amide bonds. The normalized spacial score (nSPS) is 20.0. The van der Waals surface area contributed by atoms with E-state index in [-0.39, 0.29) is 82.3 Å². The lowest BCUT2D eigenvalue weighted by Gasteiger charge is -2.29. The Bertz CT molecular complexity index is 5820. The van der Waals surface area contributed by atoms with E-state index in [4.69, 9.17) is 39.1 Å². The molecule has 4 atom stereocenters. The molecule has 0 saturated carbocycles. The minimum Gasteiger partial charge on any atom is -0.497 e. The molecule has 4 saturated heterocycles. The number of aromatic nitrogens is 4. The fourth-order valence-electron chi connectivity index (χ4n) is 14.7. The smallest absolute Gasteiger partial charge is 0.327 e. The third-order valence-electron chi connectivity index (χ3n) is 22.0. The van der Waals surface area contributed by atoms with Crippen LogP contribution in [0.5, 0.6) is 17.2 Å². The van der Waals surface area contributed by atoms with Crippen molar-refractivity contribution in [2.24, 2.45) is 5.73 Å². The third-order valence-corrected chi connectivity index (χ3v) is 32.5. The van der Waals surface area contributed by atoms with Gasteiger partial charge in [-0.15, -0.1) is 45.3 Å². The van der Waals surface area contributed by atoms with Gasteiger partial charge in [0.05, 0.1) is 52.4 Å². The van der Waals surface area contributed by atoms with Crippen LogP contribution in [0.25, 0.3) is 22.5 Å². The summed E-state index contributed by atoms with van der Waals surface area (Å²) in [5, 5.41) is 21.8. The van der Waals surface area contributed by atoms with Crippen LogP contribution in [0.3, 0.4) is 0 Å². The number of amides is 15. The minimum atomic E-state index is -1.61. The van der Waals surface area contributed by atoms with Crippen LogP contribution in [-0.2, 0) is 75.2 Å². The van der Waals surface area contributed by atoms with Gasteiger partial charge in [-0.25, -0.2) is 62.6 Å². The number of urea groups is 4. The van der Waals surface area contributed by atoms with Crippen LogP contribution >= 0.6 is 77.2 Å². The summed E-state index contributed by atoms with van der Waals surface area (Å²) in [5.74, 6) is -1.81. The van der Waals surface area contributed by atoms with E-state index in [1.165, 1.54) is 93.6 Å². The molecule has 33 nitrogen and oxygen atoms in total. The first kappa shape index (κ1) is 96.1. The second kappa shape index (κ2) is 39.3. The van der Waals surface area contributed by atoms with Gasteiger partial charge in [-0.1, -0.05) is 77.1 Å². The minimum absolute atomic E-state index is 0.0429. The number of hydrogen-bond donors (Lipinski definition) is 6. The van der Waals surface area contributed by atoms with Crippen molar-refractivity contribution in [3.63, 3.8) is 0 Å². The maximum Gasteiger partial charge on any atom is 0.327 e. The maximum absolute atomic E-state index is 14.0. The first-order chi connectivity index (χ1) is 61.1. The van der Waals surface area contributed by atoms with Gasteiger partial charge in [0, 0.05) is 120 Å². The number of carbonyl (C=O) groups is 11. The average molecular weight is 2020 g/mol. The summed E-state index contributed by atoms with van der Waals surface area (Å²) in [7, 11) is 0.700. The fraction of sp³-hybridized carbons (Fsp3) is 0.376. The quantitative estimate of drug-likeness (QED) is 0.0133. The highest BCUT2D eigenvalue weighted by atomic mass is 79.9. The molecule has 7 N–H and O–H groups in total. The van der Waals surface area contributed by atoms with E-state index < -0.39 is 94.1 Å². The second-order valence-electron chi connectivity index (χ2n) is 34.9. The monoisotopic (exact) mass is 2020 g/mol. The van der Waals surface area contributed by atoms with Gasteiger partial charge in [0.25, 0.3) is 41.4 Å². The molecule has 0 spiro atoms. The topological polar surface area (TPSA) is 400 Å². The van der Waals surface area contributed by atoms with Gasteiger partial charge in [-0.2, -0.15) is 0 Å². The van der Waals surface area contributed by atoms with Crippen molar-refractivity contribution in [3.8, 4) is 39.8 Å². The summed E-state index contributed by atoms with van der Waals surface area (Å²) in [6.07, 6.45) is 0. The van der Waals surface area contributed by atoms with Crippen molar-refractivity contribution >= 4 is 167 Å². The standard InChI is InChI=1S/C28H31FN4O5SSi.C22H27BrN4O5SSi.C22H17FN4O4S.C13H21BrN4O3SSi/c1-37-21-10-7-19-14-32(24(34)22(19)13-21)16-28(25-30-23(15-39-25)18-5-8-20(29)9-6-18)26(35)33(27(36)31-28)17-38-11-12-40(2,3)4;1-31-15-6-5-14-10-26(18(28)16(14)9-15)12-22(19-24-17(23)11-33-19)20(29)27(21(30)25-22)13-32-7-8-34(2,3)4;1-31-15-7-4-13-9-27(18(28)16(13)8-15)11-22(19(29)25-21(30)26-22)20-24-17(10-32-20)12-2-5-14(23)6-3-12;1-23(2,3)5-4-21-8-18-11(19)13(7-15,17-12(18)20)10-16-9(14)6-22-10/h5-10,13,15H,11-12,14,16-17H2,1-4H3,(H,31,36);5-6,9,11H,7-8,10,12-13H2,1-4H3,(H,25,30);2-8,10H,9,11H2,1H3,(H2,25,26,29,30);6H,4-5,7-8,15H2,1-3H3,(H,17,20)/t28-;2*22-;13-/m0010/s1. The second-order valence-corrected chi connectivity index (χ2v) is 56.8. The Morgan fingerprint density at radius 3 is 1.04 bits per heavy atom. The number of carbonyl (C=O) groups excluding carboxylic acids is 11. The Labute approximate surface area is 777 Å². The summed E-state index contributed by atoms with van der Waals surface area (Å²) in [4.78, 5) is 169. The number of rotatable bonds is 31. The molecule has 11 heterocycles. The molecule has 129 heavy (non-hydrogen) atoms. The molecule has 7 aliphatic rings. The molecule has 0 bridgehead atoms. The van der Waals surface area contributed by atoms with E-state index in [1.807, 2.05) is 18.2 Å². The zero-order chi connectivity index (χ0) is 93.0. The Morgan fingerprint density at radius 2 is 0.729 bits per heavy atom. The van der Waals surface area contributed by atoms with E-state index in [9.17, 15) is 61.5 Å². The first-order valence-electron chi connectivity index (χ1n) is 40.7. The maximum atomic E-state index is 14.0. The van der Waals surface area contributed by atoms with Gasteiger partial charge >= 0.3 is 24.1 Å². The van der Waals surface area contributed by atoms with Crippen molar-refractivity contribution < 1.29 is 89.9 Å². The van der Waals surface area contributed by atoms with Crippen LogP contribution in [0.4, 0.5) is 28.0 Å². The Kier molecular flexibility index (Phi) is 29.3. The third kappa shape index (κ3) is 21.1. The summed E-state index contributed by atoms with van der Waals surface area (Å²) < 4.78 is 60.6. The molecule has 7 aliphatic heterocycles. The number of nitrogens with zero attached hydrogens (tertiary/aromatic N) is 10. The number of thiazole rings is 4. The number of hydrogen-bond acceptors (Lipinski definition) is 26. The number of halogens is 4. The molecule has 0 aliphatic carbocycles. The molecule has 9 aromatic rings. The predicted molar refractivity (Wildman–Crippen MR) is 493 cm³/mol. The number of imide groups is 4. The van der Waals surface area contributed by atoms with Gasteiger partial charge in [-0.3, -0.25) is 38.9 Å². The van der Waals surface area contributed by atoms with Crippen molar-refractivity contribution in [3.05, 3.63) is 199 Å². The highest BCUT2D eigenvalue weighted by molar-refractivity contribution is 9.10. The number of methoxy groups -OCH3 is 3. The number of nitrogens with two attached hydrogens (primary N) is 1. The molecule has 682 valence electrons. The van der Waals surface area contributed by atoms with E-state index in [2.05, 4.69) is 132 Å². The van der Waals surface area contributed by atoms with Gasteiger partial charge in [0.15, 0.2) is 22.2 Å². The Hall–Kier alpha value is -10.5. The molecular formula is C85H96Br2F2N16O17S4Si3. The van der Waals surface area contributed by atoms with Crippen molar-refractivity contribution in [2.75, 3.05) is 87.5 Å². The van der Waals surface area contributed by atoms with Gasteiger partial charge in [0.1, 0.15) is 78.3 Å². The molecule has 4 fully saturated rings. The van der Waals surface area contributed by atoms with Crippen LogP contribution in [0.2, 0.25) is 77.1 Å². The summed E-state index contributed by atoms with van der Waals surface area (Å²) >= 11 is 11.5. The van der Waals surface area contributed by atoms with Crippen LogP contribution in [-0.4, -0.2) is 227 Å². The molecule has 5 aromatic carbocycles. The predicted octanol–water partition coefficient (Wildman–Crippen LogP) is 12.9. The largest absolute Gasteiger partial charge is 0.497 e. The van der Waals surface area contributed by atoms with Gasteiger partial charge in [-0.05, 0) is 152 Å². The lowest BCUT2D eigenvalue weighted by molar-refractivity contribution is -0.136. The molecule has 4 aromatic heterocycles. The van der Waals surface area contributed by atoms with Gasteiger partial charge < -0.3 is 70.1 Å². The molecule has 44 heteroatoms. The van der Waals surface area contributed by atoms with Crippen molar-refractivity contribution in [2.45, 2.75) is 119 Å². The zero-order valence-electron chi connectivity index (χ0n) is 72.6. The highest BCUT2D eigenvalue weighted by Crippen LogP contribution is 2.42. The summed E-state index contributed by atoms with van der Waals surface area (Å²) in [5.41, 5.74) is 6.24. The average Bonchev–Trinajstić information content (AvgIpc) is 1.59. The van der Waals surface area contributed by atoms with Gasteiger partial charge in [0.2, 0.25) is 0 Å². The van der Waals surface area contributed by atoms with E-state index in [1.54, 1.807) is 94.2 Å². The Balaban J connectivity index is 0.000000149. The fourth-order valence-corrected chi connectivity index (χ4v) is 21.7. The Morgan fingerprint density at radius 1 is 0.419 bits per heavy atom. The lowest BCUT2D eigenvalue weighted by Crippen LogP contribution is -2.53. The van der Waals surface area contributed by atoms with E-state index >= 15 is 0 Å². The van der Waals surface area contributed by atoms with E-state index in [0.29, 0.717) is 119 Å². The van der Waals surface area contributed by atoms with Crippen LogP contribution in [0.1, 0.15) is 67.8 Å². The van der Waals surface area contributed by atoms with E-state index in [0.717, 1.165) is 49.5 Å². The van der Waals surface area contributed by atoms with Crippen LogP contribution in [0.15, 0.2) is 134 Å². The number of nitrogens with one attached hydrogen (secondary N) is 5. The molecule has 0 unspecified atom stereocenters. The van der Waals surface area contributed by atoms with Crippen LogP contribution < -0.4 is 46.5 Å². The van der Waals surface area contributed by atoms with Crippen molar-refractivity contribution in [1.29, 1.82) is 0 Å². The zero-order valence-corrected chi connectivity index (χ0v) is 82.0. The first-order valence-corrected chi connectivity index (χ1v) is 56.9. The molecule has 16 rings (SSSR count). The molecule has 0 radical (unpaired) electrons. The molecular weight excluding hydrogens is 1930 g/mol. The lowest BCUT2D eigenvalue weighted by atomic mass is 9.99. The van der Waals surface area contributed by atoms with Crippen LogP contribution in [0, 0.1) is 11.6 Å². The SMILES string of the molecule is COc1ccc2c(c1)C(=O)N(C[C@@]1(c3nc(-c4ccc(F)cc4)cs3)NC(=O)N(COCC[Si](C)(C)C)C1=O)C2.COc1ccc2c(c1)C(=O)N(C[C@@]1(c3nc(-c4ccc(F)cc4)cs3)NC(=O)NC1=O)C2.COc1ccc2c(c1)C(=O)N(C[C@@]1(c3nc(Br)cs3)NC(=O)N(COCC[Si](C)(C)C)C1=O)C2.C[Si](C)(C)CCOCN1C(=O)N[C@@](CN)(c2nc(Br)cs2)C1=O. The number of ether oxygens (including phenoxy) is 6.